The molecule has 2 heterocycles. The van der Waals surface area contributed by atoms with Crippen LogP contribution in [0, 0.1) is 31.0 Å². The fourth-order valence-electron chi connectivity index (χ4n) is 3.22. The topological polar surface area (TPSA) is 49.1 Å². The number of benzene rings is 1. The summed E-state index contributed by atoms with van der Waals surface area (Å²) in [6.07, 6.45) is -6.51. The van der Waals surface area contributed by atoms with Gasteiger partial charge in [0.05, 0.1) is 24.4 Å². The lowest BCUT2D eigenvalue weighted by Crippen LogP contribution is -2.49. The third-order valence-electron chi connectivity index (χ3n) is 4.40. The molecule has 0 radical (unpaired) electrons. The number of nitrogens with zero attached hydrogens (tertiary/aromatic N) is 3. The number of nitriles is 1. The van der Waals surface area contributed by atoms with Gasteiger partial charge in [-0.25, -0.2) is 4.39 Å². The van der Waals surface area contributed by atoms with E-state index in [1.807, 2.05) is 6.07 Å². The number of aromatic nitrogens is 1. The molecule has 1 aromatic heterocycles. The highest BCUT2D eigenvalue weighted by Crippen LogP contribution is 2.34. The number of pyridine rings is 1. The van der Waals surface area contributed by atoms with E-state index in [1.54, 1.807) is 32.0 Å². The standard InChI is InChI=1S/C19H17F4N3O/c1-11-7-13(8-12(2)25-11)14-3-4-16(18(20)15(14)9-24)26-5-6-27-17(10-26)19(21,22)23/h3-4,7-8,17H,5-6,10H2,1-2H3. The molecule has 4 nitrogen and oxygen atoms in total. The van der Waals surface area contributed by atoms with Crippen molar-refractivity contribution in [3.8, 4) is 17.2 Å². The van der Waals surface area contributed by atoms with Crippen LogP contribution in [0.3, 0.4) is 0 Å². The lowest BCUT2D eigenvalue weighted by molar-refractivity contribution is -0.221. The molecule has 1 fully saturated rings. The van der Waals surface area contributed by atoms with Gasteiger partial charge in [-0.2, -0.15) is 18.4 Å². The first-order chi connectivity index (χ1) is 12.7. The van der Waals surface area contributed by atoms with E-state index in [4.69, 9.17) is 4.74 Å². The van der Waals surface area contributed by atoms with Crippen molar-refractivity contribution in [1.82, 2.24) is 4.98 Å². The Labute approximate surface area is 154 Å². The third kappa shape index (κ3) is 3.88. The van der Waals surface area contributed by atoms with Crippen LogP contribution >= 0.6 is 0 Å². The van der Waals surface area contributed by atoms with E-state index >= 15 is 4.39 Å². The second-order valence-electron chi connectivity index (χ2n) is 6.42. The highest BCUT2D eigenvalue weighted by molar-refractivity contribution is 5.74. The Morgan fingerprint density at radius 1 is 1.22 bits per heavy atom. The molecule has 0 aliphatic carbocycles. The van der Waals surface area contributed by atoms with Crippen LogP contribution in [-0.2, 0) is 4.74 Å². The van der Waals surface area contributed by atoms with Crippen LogP contribution in [0.5, 0.6) is 0 Å². The first kappa shape index (κ1) is 19.1. The summed E-state index contributed by atoms with van der Waals surface area (Å²) in [4.78, 5) is 5.52. The molecule has 2 aromatic rings. The number of alkyl halides is 3. The summed E-state index contributed by atoms with van der Waals surface area (Å²) < 4.78 is 58.6. The number of rotatable bonds is 2. The maximum atomic E-state index is 15.0. The molecular weight excluding hydrogens is 362 g/mol. The Balaban J connectivity index is 2.01. The van der Waals surface area contributed by atoms with E-state index < -0.39 is 24.6 Å². The van der Waals surface area contributed by atoms with Gasteiger partial charge in [0, 0.05) is 23.5 Å². The Morgan fingerprint density at radius 2 is 1.89 bits per heavy atom. The quantitative estimate of drug-likeness (QED) is 0.736. The Hall–Kier alpha value is -2.66. The number of aryl methyl sites for hydroxylation is 2. The van der Waals surface area contributed by atoms with Gasteiger partial charge in [-0.05, 0) is 37.6 Å². The van der Waals surface area contributed by atoms with Gasteiger partial charge in [0.1, 0.15) is 6.07 Å². The van der Waals surface area contributed by atoms with Gasteiger partial charge < -0.3 is 9.64 Å². The number of morpholine rings is 1. The lowest BCUT2D eigenvalue weighted by Gasteiger charge is -2.35. The molecule has 0 N–H and O–H groups in total. The fourth-order valence-corrected chi connectivity index (χ4v) is 3.22. The van der Waals surface area contributed by atoms with Crippen LogP contribution in [0.4, 0.5) is 23.2 Å². The van der Waals surface area contributed by atoms with Gasteiger partial charge in [0.15, 0.2) is 11.9 Å². The monoisotopic (exact) mass is 379 g/mol. The lowest BCUT2D eigenvalue weighted by atomic mass is 9.98. The Kier molecular flexibility index (Phi) is 5.07. The molecule has 3 rings (SSSR count). The molecule has 8 heteroatoms. The van der Waals surface area contributed by atoms with Gasteiger partial charge in [0.25, 0.3) is 0 Å². The van der Waals surface area contributed by atoms with Crippen molar-refractivity contribution in [2.45, 2.75) is 26.1 Å². The van der Waals surface area contributed by atoms with E-state index in [9.17, 15) is 18.4 Å². The van der Waals surface area contributed by atoms with Crippen molar-refractivity contribution in [2.24, 2.45) is 0 Å². The maximum absolute atomic E-state index is 15.0. The number of hydrogen-bond acceptors (Lipinski definition) is 4. The summed E-state index contributed by atoms with van der Waals surface area (Å²) in [5.41, 5.74) is 2.23. The number of anilines is 1. The van der Waals surface area contributed by atoms with E-state index in [0.717, 1.165) is 11.4 Å². The smallest absolute Gasteiger partial charge is 0.365 e. The van der Waals surface area contributed by atoms with Crippen molar-refractivity contribution < 1.29 is 22.3 Å². The molecule has 1 atom stereocenters. The minimum absolute atomic E-state index is 0.0321. The van der Waals surface area contributed by atoms with Crippen LogP contribution < -0.4 is 4.90 Å². The zero-order chi connectivity index (χ0) is 19.8. The molecule has 0 amide bonds. The minimum atomic E-state index is -4.53. The van der Waals surface area contributed by atoms with Gasteiger partial charge in [0.2, 0.25) is 0 Å². The van der Waals surface area contributed by atoms with Crippen LogP contribution in [-0.4, -0.2) is 37.0 Å². The normalized spacial score (nSPS) is 17.7. The first-order valence-corrected chi connectivity index (χ1v) is 8.32. The predicted molar refractivity (Wildman–Crippen MR) is 91.8 cm³/mol. The first-order valence-electron chi connectivity index (χ1n) is 8.32. The molecule has 142 valence electrons. The molecule has 1 saturated heterocycles. The average Bonchev–Trinajstić information content (AvgIpc) is 2.60. The van der Waals surface area contributed by atoms with Crippen molar-refractivity contribution in [1.29, 1.82) is 5.26 Å². The molecule has 0 bridgehead atoms. The SMILES string of the molecule is Cc1cc(-c2ccc(N3CCOC(C(F)(F)F)C3)c(F)c2C#N)cc(C)n1. The summed E-state index contributed by atoms with van der Waals surface area (Å²) in [6, 6.07) is 8.28. The van der Waals surface area contributed by atoms with Crippen LogP contribution in [0.1, 0.15) is 17.0 Å². The molecule has 0 saturated carbocycles. The zero-order valence-corrected chi connectivity index (χ0v) is 14.8. The van der Waals surface area contributed by atoms with Crippen molar-refractivity contribution in [3.05, 3.63) is 47.0 Å². The highest BCUT2D eigenvalue weighted by atomic mass is 19.4. The number of ether oxygens (including phenoxy) is 1. The van der Waals surface area contributed by atoms with Crippen molar-refractivity contribution in [2.75, 3.05) is 24.6 Å². The summed E-state index contributed by atoms with van der Waals surface area (Å²) in [5, 5.41) is 9.47. The van der Waals surface area contributed by atoms with Crippen LogP contribution in [0.2, 0.25) is 0 Å². The predicted octanol–water partition coefficient (Wildman–Crippen LogP) is 4.14. The minimum Gasteiger partial charge on any atom is -0.365 e. The van der Waals surface area contributed by atoms with Crippen molar-refractivity contribution in [3.63, 3.8) is 0 Å². The number of hydrogen-bond donors (Lipinski definition) is 0. The highest BCUT2D eigenvalue weighted by Gasteiger charge is 2.43. The summed E-state index contributed by atoms with van der Waals surface area (Å²) in [5.74, 6) is -0.829. The second-order valence-corrected chi connectivity index (χ2v) is 6.42. The number of halogens is 4. The van der Waals surface area contributed by atoms with Gasteiger partial charge in [-0.1, -0.05) is 6.07 Å². The van der Waals surface area contributed by atoms with E-state index in [1.165, 1.54) is 11.0 Å². The average molecular weight is 379 g/mol. The van der Waals surface area contributed by atoms with E-state index in [0.29, 0.717) is 11.1 Å². The van der Waals surface area contributed by atoms with Gasteiger partial charge in [-0.3, -0.25) is 4.98 Å². The second kappa shape index (κ2) is 7.16. The van der Waals surface area contributed by atoms with E-state index in [2.05, 4.69) is 4.98 Å². The third-order valence-corrected chi connectivity index (χ3v) is 4.40. The molecule has 1 aromatic carbocycles. The molecule has 1 aliphatic heterocycles. The maximum Gasteiger partial charge on any atom is 0.416 e. The largest absolute Gasteiger partial charge is 0.416 e. The summed E-state index contributed by atoms with van der Waals surface area (Å²) in [7, 11) is 0. The molecule has 27 heavy (non-hydrogen) atoms. The summed E-state index contributed by atoms with van der Waals surface area (Å²) >= 11 is 0. The molecule has 1 aliphatic rings. The zero-order valence-electron chi connectivity index (χ0n) is 14.8. The molecule has 0 spiro atoms. The van der Waals surface area contributed by atoms with Gasteiger partial charge >= 0.3 is 6.18 Å². The molecular formula is C19H17F4N3O. The summed E-state index contributed by atoms with van der Waals surface area (Å²) in [6.45, 7) is 3.01. The van der Waals surface area contributed by atoms with Crippen LogP contribution in [0.15, 0.2) is 24.3 Å². The molecule has 1 unspecified atom stereocenters. The Morgan fingerprint density at radius 3 is 2.48 bits per heavy atom. The van der Waals surface area contributed by atoms with Gasteiger partial charge in [-0.15, -0.1) is 0 Å². The fraction of sp³-hybridized carbons (Fsp3) is 0.368. The van der Waals surface area contributed by atoms with Crippen molar-refractivity contribution >= 4 is 5.69 Å². The van der Waals surface area contributed by atoms with Crippen LogP contribution in [0.25, 0.3) is 11.1 Å². The van der Waals surface area contributed by atoms with E-state index in [-0.39, 0.29) is 24.4 Å². The Bertz CT molecular complexity index is 885.